The highest BCUT2D eigenvalue weighted by atomic mass is 127. The summed E-state index contributed by atoms with van der Waals surface area (Å²) in [5, 5.41) is 6.62. The first-order valence-corrected chi connectivity index (χ1v) is 8.44. The highest BCUT2D eigenvalue weighted by Gasteiger charge is 2.34. The van der Waals surface area contributed by atoms with Crippen molar-refractivity contribution in [1.29, 1.82) is 0 Å². The Hall–Kier alpha value is -0.890. The Balaban J connectivity index is 0.00000288. The molecule has 6 heteroatoms. The van der Waals surface area contributed by atoms with Gasteiger partial charge in [0.1, 0.15) is 5.82 Å². The van der Waals surface area contributed by atoms with E-state index < -0.39 is 0 Å². The third kappa shape index (κ3) is 5.88. The van der Waals surface area contributed by atoms with Crippen LogP contribution < -0.4 is 10.6 Å². The number of hydrogen-bond donors (Lipinski definition) is 2. The van der Waals surface area contributed by atoms with E-state index >= 15 is 0 Å². The lowest BCUT2D eigenvalue weighted by molar-refractivity contribution is 0.0531. The number of hydrogen-bond acceptors (Lipinski definition) is 2. The van der Waals surface area contributed by atoms with Crippen LogP contribution in [0.1, 0.15) is 39.2 Å². The number of rotatable bonds is 5. The second-order valence-electron chi connectivity index (χ2n) is 6.39. The monoisotopic (exact) mass is 449 g/mol. The Morgan fingerprint density at radius 1 is 1.25 bits per heavy atom. The normalized spacial score (nSPS) is 17.3. The fourth-order valence-corrected chi connectivity index (χ4v) is 2.93. The van der Waals surface area contributed by atoms with Crippen molar-refractivity contribution < 1.29 is 9.13 Å². The zero-order valence-corrected chi connectivity index (χ0v) is 17.1. The van der Waals surface area contributed by atoms with Crippen molar-refractivity contribution in [1.82, 2.24) is 10.6 Å². The van der Waals surface area contributed by atoms with Crippen molar-refractivity contribution in [2.45, 2.75) is 45.1 Å². The molecule has 1 aliphatic rings. The van der Waals surface area contributed by atoms with Crippen LogP contribution in [-0.4, -0.2) is 38.3 Å². The van der Waals surface area contributed by atoms with Gasteiger partial charge in [0.2, 0.25) is 0 Å². The number of benzene rings is 1. The highest BCUT2D eigenvalue weighted by molar-refractivity contribution is 14.0. The van der Waals surface area contributed by atoms with Crippen LogP contribution in [0.5, 0.6) is 0 Å². The third-order valence-electron chi connectivity index (χ3n) is 4.22. The first-order chi connectivity index (χ1) is 11.1. The van der Waals surface area contributed by atoms with Crippen LogP contribution in [0.2, 0.25) is 0 Å². The summed E-state index contributed by atoms with van der Waals surface area (Å²) in [4.78, 5) is 4.79. The summed E-state index contributed by atoms with van der Waals surface area (Å²) in [5.74, 6) is 0.629. The molecule has 0 amide bonds. The fraction of sp³-hybridized carbons (Fsp3) is 0.611. The Morgan fingerprint density at radius 2 is 1.88 bits per heavy atom. The molecule has 0 radical (unpaired) electrons. The van der Waals surface area contributed by atoms with E-state index in [9.17, 15) is 4.39 Å². The van der Waals surface area contributed by atoms with E-state index in [2.05, 4.69) is 31.4 Å². The Labute approximate surface area is 161 Å². The molecule has 1 aromatic carbocycles. The predicted octanol–water partition coefficient (Wildman–Crippen LogP) is 3.46. The van der Waals surface area contributed by atoms with E-state index in [1.807, 2.05) is 12.1 Å². The quantitative estimate of drug-likeness (QED) is 0.411. The molecule has 24 heavy (non-hydrogen) atoms. The van der Waals surface area contributed by atoms with E-state index in [4.69, 9.17) is 9.73 Å². The summed E-state index contributed by atoms with van der Waals surface area (Å²) in [6.07, 6.45) is 1.81. The van der Waals surface area contributed by atoms with Crippen LogP contribution >= 0.6 is 24.0 Å². The van der Waals surface area contributed by atoms with Crippen molar-refractivity contribution in [2.75, 3.05) is 26.3 Å². The van der Waals surface area contributed by atoms with Crippen LogP contribution in [0, 0.1) is 5.82 Å². The van der Waals surface area contributed by atoms with Gasteiger partial charge in [-0.1, -0.05) is 12.1 Å². The van der Waals surface area contributed by atoms with Crippen LogP contribution in [-0.2, 0) is 10.2 Å². The van der Waals surface area contributed by atoms with Gasteiger partial charge in [-0.05, 0) is 51.3 Å². The van der Waals surface area contributed by atoms with Gasteiger partial charge in [-0.3, -0.25) is 4.99 Å². The van der Waals surface area contributed by atoms with Crippen LogP contribution in [0.25, 0.3) is 0 Å². The van der Waals surface area contributed by atoms with Gasteiger partial charge in [-0.2, -0.15) is 0 Å². The minimum Gasteiger partial charge on any atom is -0.381 e. The molecule has 0 aliphatic carbocycles. The number of guanidine groups is 1. The predicted molar refractivity (Wildman–Crippen MR) is 108 cm³/mol. The number of ether oxygens (including phenoxy) is 1. The molecule has 0 unspecified atom stereocenters. The molecule has 2 rings (SSSR count). The highest BCUT2D eigenvalue weighted by Crippen LogP contribution is 2.35. The molecule has 0 aromatic heterocycles. The molecular weight excluding hydrogens is 420 g/mol. The lowest BCUT2D eigenvalue weighted by Gasteiger charge is -2.36. The summed E-state index contributed by atoms with van der Waals surface area (Å²) in [7, 11) is 0. The van der Waals surface area contributed by atoms with Crippen LogP contribution in [0.3, 0.4) is 0 Å². The van der Waals surface area contributed by atoms with Gasteiger partial charge in [0, 0.05) is 31.2 Å². The summed E-state index contributed by atoms with van der Waals surface area (Å²) in [6.45, 7) is 9.19. The molecule has 2 N–H and O–H groups in total. The molecule has 0 bridgehead atoms. The topological polar surface area (TPSA) is 45.7 Å². The molecule has 1 fully saturated rings. The molecule has 0 atom stereocenters. The van der Waals surface area contributed by atoms with Crippen molar-refractivity contribution >= 4 is 29.9 Å². The first kappa shape index (κ1) is 21.2. The smallest absolute Gasteiger partial charge is 0.191 e. The molecular formula is C18H29FIN3O. The second kappa shape index (κ2) is 10.2. The van der Waals surface area contributed by atoms with Crippen LogP contribution in [0.15, 0.2) is 29.3 Å². The van der Waals surface area contributed by atoms with E-state index in [-0.39, 0.29) is 35.2 Å². The zero-order valence-electron chi connectivity index (χ0n) is 14.8. The number of aliphatic imine (C=N–C) groups is 1. The molecule has 1 saturated heterocycles. The maximum Gasteiger partial charge on any atom is 0.191 e. The van der Waals surface area contributed by atoms with E-state index in [0.29, 0.717) is 12.6 Å². The second-order valence-corrected chi connectivity index (χ2v) is 6.39. The molecule has 136 valence electrons. The lowest BCUT2D eigenvalue weighted by Crippen LogP contribution is -2.43. The lowest BCUT2D eigenvalue weighted by atomic mass is 9.74. The fourth-order valence-electron chi connectivity index (χ4n) is 2.93. The van der Waals surface area contributed by atoms with Crippen molar-refractivity contribution in [3.63, 3.8) is 0 Å². The first-order valence-electron chi connectivity index (χ1n) is 8.44. The van der Waals surface area contributed by atoms with Gasteiger partial charge < -0.3 is 15.4 Å². The molecule has 0 spiro atoms. The molecule has 1 aliphatic heterocycles. The minimum absolute atomic E-state index is 0. The number of halogens is 2. The summed E-state index contributed by atoms with van der Waals surface area (Å²) in [5.41, 5.74) is 1.07. The standard InChI is InChI=1S/C18H28FN3O.HI/c1-4-20-17(22-14(2)3)21-13-18(9-11-23-12-10-18)15-5-7-16(19)8-6-15;/h5-8,14H,4,9-13H2,1-3H3,(H2,20,21,22);1H. The van der Waals surface area contributed by atoms with Gasteiger partial charge in [-0.25, -0.2) is 4.39 Å². The van der Waals surface area contributed by atoms with Crippen molar-refractivity contribution in [2.24, 2.45) is 4.99 Å². The molecule has 4 nitrogen and oxygen atoms in total. The maximum atomic E-state index is 13.3. The minimum atomic E-state index is -0.200. The average Bonchev–Trinajstić information content (AvgIpc) is 2.54. The maximum absolute atomic E-state index is 13.3. The Kier molecular flexibility index (Phi) is 8.97. The molecule has 0 saturated carbocycles. The van der Waals surface area contributed by atoms with Gasteiger partial charge in [-0.15, -0.1) is 24.0 Å². The zero-order chi connectivity index (χ0) is 16.7. The van der Waals surface area contributed by atoms with Crippen molar-refractivity contribution in [3.8, 4) is 0 Å². The summed E-state index contributed by atoms with van der Waals surface area (Å²) >= 11 is 0. The van der Waals surface area contributed by atoms with Crippen molar-refractivity contribution in [3.05, 3.63) is 35.6 Å². The van der Waals surface area contributed by atoms with Gasteiger partial charge in [0.15, 0.2) is 5.96 Å². The average molecular weight is 449 g/mol. The SMILES string of the molecule is CCNC(=NCC1(c2ccc(F)cc2)CCOCC1)NC(C)C.I. The van der Waals surface area contributed by atoms with E-state index in [1.54, 1.807) is 0 Å². The molecule has 1 heterocycles. The van der Waals surface area contributed by atoms with E-state index in [1.165, 1.54) is 12.1 Å². The van der Waals surface area contributed by atoms with Crippen LogP contribution in [0.4, 0.5) is 4.39 Å². The Bertz CT molecular complexity index is 514. The third-order valence-corrected chi connectivity index (χ3v) is 4.22. The van der Waals surface area contributed by atoms with Gasteiger partial charge >= 0.3 is 0 Å². The summed E-state index contributed by atoms with van der Waals surface area (Å²) in [6, 6.07) is 7.17. The number of nitrogens with zero attached hydrogens (tertiary/aromatic N) is 1. The van der Waals surface area contributed by atoms with Gasteiger partial charge in [0.25, 0.3) is 0 Å². The van der Waals surface area contributed by atoms with Gasteiger partial charge in [0.05, 0.1) is 6.54 Å². The Morgan fingerprint density at radius 3 is 2.42 bits per heavy atom. The molecule has 1 aromatic rings. The number of nitrogens with one attached hydrogen (secondary N) is 2. The summed E-state index contributed by atoms with van der Waals surface area (Å²) < 4.78 is 18.8. The van der Waals surface area contributed by atoms with E-state index in [0.717, 1.165) is 44.1 Å². The largest absolute Gasteiger partial charge is 0.381 e.